The minimum atomic E-state index is -5.18. The molecular formula is C12H8F6O4. The first-order valence-corrected chi connectivity index (χ1v) is 5.56. The molecule has 1 rings (SSSR count). The molecule has 1 aromatic carbocycles. The van der Waals surface area contributed by atoms with Crippen molar-refractivity contribution >= 4 is 11.9 Å². The zero-order chi connectivity index (χ0) is 17.0. The van der Waals surface area contributed by atoms with E-state index in [1.54, 1.807) is 0 Å². The molecular weight excluding hydrogens is 322 g/mol. The number of rotatable bonds is 4. The van der Waals surface area contributed by atoms with E-state index in [0.29, 0.717) is 0 Å². The Morgan fingerprint density at radius 1 is 0.773 bits per heavy atom. The third kappa shape index (κ3) is 5.26. The number of alkyl halides is 6. The first-order chi connectivity index (χ1) is 10.0. The van der Waals surface area contributed by atoms with Gasteiger partial charge in [0.25, 0.3) is 0 Å². The van der Waals surface area contributed by atoms with E-state index >= 15 is 0 Å². The Hall–Kier alpha value is -2.26. The Balaban J connectivity index is 2.70. The van der Waals surface area contributed by atoms with Crippen LogP contribution in [-0.2, 0) is 32.3 Å². The third-order valence-corrected chi connectivity index (χ3v) is 2.30. The summed E-state index contributed by atoms with van der Waals surface area (Å²) in [5, 5.41) is 0. The number of esters is 2. The maximum atomic E-state index is 12.0. The Bertz CT molecular complexity index is 500. The van der Waals surface area contributed by atoms with Gasteiger partial charge in [-0.25, -0.2) is 9.59 Å². The molecule has 1 aromatic rings. The van der Waals surface area contributed by atoms with Crippen LogP contribution in [0.5, 0.6) is 0 Å². The van der Waals surface area contributed by atoms with Gasteiger partial charge in [0.15, 0.2) is 0 Å². The zero-order valence-corrected chi connectivity index (χ0v) is 10.6. The summed E-state index contributed by atoms with van der Waals surface area (Å²) < 4.78 is 79.8. The minimum absolute atomic E-state index is 0.0184. The van der Waals surface area contributed by atoms with E-state index < -0.39 is 37.5 Å². The smallest absolute Gasteiger partial charge is 0.454 e. The number of carbonyl (C=O) groups excluding carboxylic acids is 2. The van der Waals surface area contributed by atoms with Gasteiger partial charge in [0.1, 0.15) is 13.2 Å². The molecule has 0 fully saturated rings. The number of ether oxygens (including phenoxy) is 2. The first-order valence-electron chi connectivity index (χ1n) is 5.56. The van der Waals surface area contributed by atoms with Gasteiger partial charge in [-0.05, 0) is 11.1 Å². The summed E-state index contributed by atoms with van der Waals surface area (Å²) in [5.74, 6) is -4.87. The van der Waals surface area contributed by atoms with Gasteiger partial charge in [-0.15, -0.1) is 0 Å². The molecule has 10 heteroatoms. The second kappa shape index (κ2) is 6.67. The average Bonchev–Trinajstić information content (AvgIpc) is 2.40. The van der Waals surface area contributed by atoms with Gasteiger partial charge in [0.2, 0.25) is 0 Å². The zero-order valence-electron chi connectivity index (χ0n) is 10.6. The summed E-state index contributed by atoms with van der Waals surface area (Å²) in [6.07, 6.45) is -10.4. The lowest BCUT2D eigenvalue weighted by Gasteiger charge is -2.12. The highest BCUT2D eigenvalue weighted by Gasteiger charge is 2.41. The lowest BCUT2D eigenvalue weighted by atomic mass is 10.1. The van der Waals surface area contributed by atoms with E-state index in [0.717, 1.165) is 0 Å². The van der Waals surface area contributed by atoms with E-state index in [9.17, 15) is 35.9 Å². The number of halogens is 6. The Morgan fingerprint density at radius 2 is 1.09 bits per heavy atom. The highest BCUT2D eigenvalue weighted by molar-refractivity contribution is 5.76. The van der Waals surface area contributed by atoms with Crippen LogP contribution in [0.25, 0.3) is 0 Å². The fourth-order valence-corrected chi connectivity index (χ4v) is 1.29. The lowest BCUT2D eigenvalue weighted by molar-refractivity contribution is -0.201. The standard InChI is InChI=1S/C12H8F6O4/c13-11(14,15)9(19)21-5-7-3-1-2-4-8(7)6-22-10(20)12(16,17)18/h1-4H,5-6H2. The predicted octanol–water partition coefficient (Wildman–Crippen LogP) is 2.90. The van der Waals surface area contributed by atoms with Gasteiger partial charge >= 0.3 is 24.3 Å². The van der Waals surface area contributed by atoms with E-state index in [1.165, 1.54) is 24.3 Å². The largest absolute Gasteiger partial charge is 0.490 e. The van der Waals surface area contributed by atoms with Crippen molar-refractivity contribution in [2.45, 2.75) is 25.6 Å². The Labute approximate surface area is 119 Å². The minimum Gasteiger partial charge on any atom is -0.454 e. The number of benzene rings is 1. The lowest BCUT2D eigenvalue weighted by Crippen LogP contribution is -2.26. The molecule has 0 aliphatic rings. The Morgan fingerprint density at radius 3 is 1.36 bits per heavy atom. The van der Waals surface area contributed by atoms with Crippen LogP contribution in [0.1, 0.15) is 11.1 Å². The van der Waals surface area contributed by atoms with Crippen molar-refractivity contribution in [3.8, 4) is 0 Å². The molecule has 0 spiro atoms. The molecule has 4 nitrogen and oxygen atoms in total. The third-order valence-electron chi connectivity index (χ3n) is 2.30. The first kappa shape index (κ1) is 17.8. The second-order valence-electron chi connectivity index (χ2n) is 3.92. The van der Waals surface area contributed by atoms with Gasteiger partial charge < -0.3 is 9.47 Å². The monoisotopic (exact) mass is 330 g/mol. The molecule has 22 heavy (non-hydrogen) atoms. The number of hydrogen-bond donors (Lipinski definition) is 0. The van der Waals surface area contributed by atoms with Gasteiger partial charge in [-0.1, -0.05) is 24.3 Å². The van der Waals surface area contributed by atoms with E-state index in [2.05, 4.69) is 9.47 Å². The van der Waals surface area contributed by atoms with Crippen LogP contribution in [0.15, 0.2) is 24.3 Å². The molecule has 0 bridgehead atoms. The average molecular weight is 330 g/mol. The topological polar surface area (TPSA) is 52.6 Å². The van der Waals surface area contributed by atoms with Gasteiger partial charge in [-0.3, -0.25) is 0 Å². The van der Waals surface area contributed by atoms with Crippen molar-refractivity contribution in [2.75, 3.05) is 0 Å². The highest BCUT2D eigenvalue weighted by atomic mass is 19.4. The molecule has 0 atom stereocenters. The predicted molar refractivity (Wildman–Crippen MR) is 58.1 cm³/mol. The van der Waals surface area contributed by atoms with Crippen LogP contribution >= 0.6 is 0 Å². The van der Waals surface area contributed by atoms with Crippen molar-refractivity contribution in [3.05, 3.63) is 35.4 Å². The summed E-state index contributed by atoms with van der Waals surface area (Å²) in [6.45, 7) is -1.64. The van der Waals surface area contributed by atoms with E-state index in [4.69, 9.17) is 0 Å². The molecule has 0 heterocycles. The summed E-state index contributed by atoms with van der Waals surface area (Å²) in [5.41, 5.74) is -0.0369. The SMILES string of the molecule is O=C(OCc1ccccc1COC(=O)C(F)(F)F)C(F)(F)F. The van der Waals surface area contributed by atoms with Crippen molar-refractivity contribution < 1.29 is 45.4 Å². The maximum Gasteiger partial charge on any atom is 0.490 e. The second-order valence-corrected chi connectivity index (χ2v) is 3.92. The van der Waals surface area contributed by atoms with Crippen molar-refractivity contribution in [1.29, 1.82) is 0 Å². The fourth-order valence-electron chi connectivity index (χ4n) is 1.29. The van der Waals surface area contributed by atoms with Crippen molar-refractivity contribution in [1.82, 2.24) is 0 Å². The molecule has 0 saturated heterocycles. The fraction of sp³-hybridized carbons (Fsp3) is 0.333. The van der Waals surface area contributed by atoms with Crippen LogP contribution < -0.4 is 0 Å². The Kier molecular flexibility index (Phi) is 5.39. The van der Waals surface area contributed by atoms with Crippen LogP contribution in [0.3, 0.4) is 0 Å². The quantitative estimate of drug-likeness (QED) is 0.629. The maximum absolute atomic E-state index is 12.0. The van der Waals surface area contributed by atoms with Gasteiger partial charge in [-0.2, -0.15) is 26.3 Å². The molecule has 0 aliphatic carbocycles. The number of carbonyl (C=O) groups is 2. The molecule has 0 amide bonds. The van der Waals surface area contributed by atoms with Crippen LogP contribution in [0.2, 0.25) is 0 Å². The van der Waals surface area contributed by atoms with Crippen LogP contribution in [-0.4, -0.2) is 24.3 Å². The summed E-state index contributed by atoms with van der Waals surface area (Å²) >= 11 is 0. The van der Waals surface area contributed by atoms with Crippen molar-refractivity contribution in [2.24, 2.45) is 0 Å². The van der Waals surface area contributed by atoms with Crippen molar-refractivity contribution in [3.63, 3.8) is 0 Å². The number of hydrogen-bond acceptors (Lipinski definition) is 4. The van der Waals surface area contributed by atoms with Gasteiger partial charge in [0.05, 0.1) is 0 Å². The molecule has 122 valence electrons. The molecule has 0 unspecified atom stereocenters. The molecule has 0 N–H and O–H groups in total. The molecule has 0 aromatic heterocycles. The summed E-state index contributed by atoms with van der Waals surface area (Å²) in [7, 11) is 0. The highest BCUT2D eigenvalue weighted by Crippen LogP contribution is 2.20. The van der Waals surface area contributed by atoms with E-state index in [1.807, 2.05) is 0 Å². The normalized spacial score (nSPS) is 11.9. The summed E-state index contributed by atoms with van der Waals surface area (Å²) in [6, 6.07) is 5.18. The molecule has 0 radical (unpaired) electrons. The summed E-state index contributed by atoms with van der Waals surface area (Å²) in [4.78, 5) is 21.1. The molecule has 0 aliphatic heterocycles. The van der Waals surface area contributed by atoms with E-state index in [-0.39, 0.29) is 11.1 Å². The molecule has 0 saturated carbocycles. The van der Waals surface area contributed by atoms with Crippen LogP contribution in [0.4, 0.5) is 26.3 Å². The van der Waals surface area contributed by atoms with Crippen LogP contribution in [0, 0.1) is 0 Å². The van der Waals surface area contributed by atoms with Gasteiger partial charge in [0, 0.05) is 0 Å².